The molecule has 25 heavy (non-hydrogen) atoms. The molecule has 0 bridgehead atoms. The summed E-state index contributed by atoms with van der Waals surface area (Å²) in [7, 11) is 0. The van der Waals surface area contributed by atoms with Crippen molar-refractivity contribution in [2.75, 3.05) is 5.32 Å². The number of hydrogen-bond acceptors (Lipinski definition) is 4. The Kier molecular flexibility index (Phi) is 7.16. The van der Waals surface area contributed by atoms with Crippen molar-refractivity contribution in [3.05, 3.63) is 42.1 Å². The Labute approximate surface area is 143 Å². The second kappa shape index (κ2) is 9.08. The van der Waals surface area contributed by atoms with Crippen LogP contribution >= 0.6 is 0 Å². The molecular formula is C16H20N4O5. The van der Waals surface area contributed by atoms with Crippen molar-refractivity contribution in [2.45, 2.75) is 19.4 Å². The number of aromatic amines is 1. The van der Waals surface area contributed by atoms with Gasteiger partial charge >= 0.3 is 18.0 Å². The smallest absolute Gasteiger partial charge is 0.328 e. The zero-order chi connectivity index (χ0) is 19.0. The van der Waals surface area contributed by atoms with Crippen molar-refractivity contribution in [1.29, 1.82) is 0 Å². The van der Waals surface area contributed by atoms with Crippen molar-refractivity contribution in [3.8, 4) is 0 Å². The molecule has 0 aliphatic carbocycles. The molecule has 134 valence electrons. The number of primary amides is 1. The Morgan fingerprint density at radius 2 is 1.84 bits per heavy atom. The Balaban J connectivity index is 0.000000333. The molecule has 9 nitrogen and oxygen atoms in total. The Morgan fingerprint density at radius 1 is 1.24 bits per heavy atom. The normalized spacial score (nSPS) is 11.6. The van der Waals surface area contributed by atoms with Gasteiger partial charge in [-0.15, -0.1) is 0 Å². The highest BCUT2D eigenvalue weighted by Crippen LogP contribution is 2.23. The standard InChI is InChI=1S/C12H16N4O.C4H4O4/c1-7(13)4-8-6-15-11-3-2-9(5-10(8)11)16-12(14)17;5-3(6)1-2-4(7)8/h2-3,5-7,15H,4,13H2,1H3,(H3,14,16,17);1-2H,(H,5,6)(H,7,8). The topological polar surface area (TPSA) is 172 Å². The fraction of sp³-hybridized carbons (Fsp3) is 0.188. The maximum atomic E-state index is 10.8. The van der Waals surface area contributed by atoms with Gasteiger partial charge in [-0.05, 0) is 37.1 Å². The second-order valence-corrected chi connectivity index (χ2v) is 5.25. The number of nitrogens with one attached hydrogen (secondary N) is 2. The fourth-order valence-corrected chi connectivity index (χ4v) is 2.06. The second-order valence-electron chi connectivity index (χ2n) is 5.25. The van der Waals surface area contributed by atoms with E-state index in [9.17, 15) is 14.4 Å². The number of hydrogen-bond donors (Lipinski definition) is 6. The van der Waals surface area contributed by atoms with E-state index >= 15 is 0 Å². The van der Waals surface area contributed by atoms with E-state index in [0.29, 0.717) is 17.8 Å². The van der Waals surface area contributed by atoms with Gasteiger partial charge in [-0.2, -0.15) is 0 Å². The highest BCUT2D eigenvalue weighted by Gasteiger charge is 2.07. The number of nitrogens with two attached hydrogens (primary N) is 2. The molecule has 1 aromatic heterocycles. The number of urea groups is 1. The summed E-state index contributed by atoms with van der Waals surface area (Å²) in [6.07, 6.45) is 3.85. The summed E-state index contributed by atoms with van der Waals surface area (Å²) in [6.45, 7) is 1.96. The van der Waals surface area contributed by atoms with Crippen molar-refractivity contribution < 1.29 is 24.6 Å². The molecule has 2 aromatic rings. The van der Waals surface area contributed by atoms with E-state index in [0.717, 1.165) is 22.9 Å². The van der Waals surface area contributed by atoms with E-state index in [1.165, 1.54) is 0 Å². The van der Waals surface area contributed by atoms with Crippen LogP contribution in [-0.4, -0.2) is 39.2 Å². The van der Waals surface area contributed by atoms with Crippen LogP contribution in [0.5, 0.6) is 0 Å². The Hall–Kier alpha value is -3.33. The molecule has 1 heterocycles. The van der Waals surface area contributed by atoms with Crippen molar-refractivity contribution in [2.24, 2.45) is 11.5 Å². The van der Waals surface area contributed by atoms with Crippen LogP contribution in [0.25, 0.3) is 10.9 Å². The molecule has 0 aliphatic heterocycles. The first-order chi connectivity index (χ1) is 11.7. The molecule has 0 aliphatic rings. The number of rotatable bonds is 5. The van der Waals surface area contributed by atoms with E-state index < -0.39 is 18.0 Å². The predicted octanol–water partition coefficient (Wildman–Crippen LogP) is 1.26. The number of aliphatic carboxylic acids is 2. The van der Waals surface area contributed by atoms with Gasteiger partial charge in [0.05, 0.1) is 0 Å². The molecule has 2 amide bonds. The number of H-pyrrole nitrogens is 1. The van der Waals surface area contributed by atoms with Gasteiger partial charge in [0.25, 0.3) is 0 Å². The molecule has 0 fully saturated rings. The Morgan fingerprint density at radius 3 is 2.32 bits per heavy atom. The molecular weight excluding hydrogens is 328 g/mol. The van der Waals surface area contributed by atoms with Gasteiger partial charge in [0.1, 0.15) is 0 Å². The third-order valence-electron chi connectivity index (χ3n) is 2.95. The predicted molar refractivity (Wildman–Crippen MR) is 93.3 cm³/mol. The largest absolute Gasteiger partial charge is 0.478 e. The first-order valence-electron chi connectivity index (χ1n) is 7.25. The monoisotopic (exact) mass is 348 g/mol. The average Bonchev–Trinajstić information content (AvgIpc) is 2.87. The molecule has 2 rings (SSSR count). The van der Waals surface area contributed by atoms with E-state index in [1.807, 2.05) is 25.3 Å². The van der Waals surface area contributed by atoms with Crippen LogP contribution in [0, 0.1) is 0 Å². The SMILES string of the molecule is CC(N)Cc1c[nH]c2ccc(NC(N)=O)cc12.O=C(O)C=CC(=O)O. The number of carboxylic acids is 2. The van der Waals surface area contributed by atoms with Crippen LogP contribution in [0.3, 0.4) is 0 Å². The summed E-state index contributed by atoms with van der Waals surface area (Å²) >= 11 is 0. The summed E-state index contributed by atoms with van der Waals surface area (Å²) < 4.78 is 0. The average molecular weight is 348 g/mol. The highest BCUT2D eigenvalue weighted by molar-refractivity contribution is 5.93. The number of carbonyl (C=O) groups excluding carboxylic acids is 1. The van der Waals surface area contributed by atoms with Crippen LogP contribution in [-0.2, 0) is 16.0 Å². The summed E-state index contributed by atoms with van der Waals surface area (Å²) in [5.74, 6) is -2.51. The molecule has 0 spiro atoms. The van der Waals surface area contributed by atoms with Crippen LogP contribution in [0.2, 0.25) is 0 Å². The number of benzene rings is 1. The summed E-state index contributed by atoms with van der Waals surface area (Å²) in [5, 5.41) is 19.2. The fourth-order valence-electron chi connectivity index (χ4n) is 2.06. The number of carboxylic acid groups (broad SMARTS) is 2. The number of aromatic nitrogens is 1. The lowest BCUT2D eigenvalue weighted by atomic mass is 10.1. The lowest BCUT2D eigenvalue weighted by Gasteiger charge is -2.05. The van der Waals surface area contributed by atoms with Gasteiger partial charge in [0.15, 0.2) is 0 Å². The van der Waals surface area contributed by atoms with E-state index in [1.54, 1.807) is 6.07 Å². The molecule has 9 heteroatoms. The molecule has 1 unspecified atom stereocenters. The van der Waals surface area contributed by atoms with E-state index in [-0.39, 0.29) is 6.04 Å². The lowest BCUT2D eigenvalue weighted by Crippen LogP contribution is -2.19. The number of fused-ring (bicyclic) bond motifs is 1. The van der Waals surface area contributed by atoms with Gasteiger partial charge in [-0.3, -0.25) is 0 Å². The van der Waals surface area contributed by atoms with Gasteiger partial charge in [-0.25, -0.2) is 14.4 Å². The minimum atomic E-state index is -1.26. The van der Waals surface area contributed by atoms with Crippen molar-refractivity contribution in [1.82, 2.24) is 4.98 Å². The molecule has 0 saturated carbocycles. The number of amides is 2. The lowest BCUT2D eigenvalue weighted by molar-refractivity contribution is -0.134. The van der Waals surface area contributed by atoms with Crippen LogP contribution in [0.4, 0.5) is 10.5 Å². The maximum Gasteiger partial charge on any atom is 0.328 e. The van der Waals surface area contributed by atoms with Gasteiger partial charge in [0.2, 0.25) is 0 Å². The highest BCUT2D eigenvalue weighted by atomic mass is 16.4. The van der Waals surface area contributed by atoms with Gasteiger partial charge < -0.3 is 32.0 Å². The molecule has 0 saturated heterocycles. The first kappa shape index (κ1) is 19.7. The summed E-state index contributed by atoms with van der Waals surface area (Å²) in [5.41, 5.74) is 13.7. The third-order valence-corrected chi connectivity index (χ3v) is 2.95. The Bertz CT molecular complexity index is 779. The minimum Gasteiger partial charge on any atom is -0.478 e. The first-order valence-corrected chi connectivity index (χ1v) is 7.25. The van der Waals surface area contributed by atoms with Crippen LogP contribution in [0.15, 0.2) is 36.5 Å². The molecule has 8 N–H and O–H groups in total. The molecule has 0 radical (unpaired) electrons. The van der Waals surface area contributed by atoms with Crippen LogP contribution < -0.4 is 16.8 Å². The van der Waals surface area contributed by atoms with Gasteiger partial charge in [-0.1, -0.05) is 0 Å². The van der Waals surface area contributed by atoms with E-state index in [2.05, 4.69) is 10.3 Å². The van der Waals surface area contributed by atoms with Crippen molar-refractivity contribution >= 4 is 34.6 Å². The summed E-state index contributed by atoms with van der Waals surface area (Å²) in [4.78, 5) is 33.1. The quantitative estimate of drug-likeness (QED) is 0.444. The maximum absolute atomic E-state index is 10.8. The van der Waals surface area contributed by atoms with Crippen LogP contribution in [0.1, 0.15) is 12.5 Å². The zero-order valence-corrected chi connectivity index (χ0v) is 13.5. The summed E-state index contributed by atoms with van der Waals surface area (Å²) in [6, 6.07) is 5.15. The number of anilines is 1. The van der Waals surface area contributed by atoms with E-state index in [4.69, 9.17) is 21.7 Å². The minimum absolute atomic E-state index is 0.0988. The molecule has 1 aromatic carbocycles. The number of carbonyl (C=O) groups is 3. The van der Waals surface area contributed by atoms with Crippen molar-refractivity contribution in [3.63, 3.8) is 0 Å². The third kappa shape index (κ3) is 7.18. The zero-order valence-electron chi connectivity index (χ0n) is 13.5. The molecule has 1 atom stereocenters. The van der Waals surface area contributed by atoms with Gasteiger partial charge in [0, 0.05) is 41.0 Å².